The third-order valence-electron chi connectivity index (χ3n) is 5.02. The number of fused-ring (bicyclic) bond motifs is 5. The molecule has 1 saturated carbocycles. The Bertz CT molecular complexity index is 797. The fraction of sp³-hybridized carbons (Fsp3) is 0.421. The quantitative estimate of drug-likeness (QED) is 0.865. The van der Waals surface area contributed by atoms with Crippen LogP contribution in [0.2, 0.25) is 0 Å². The monoisotopic (exact) mass is 312 g/mol. The fourth-order valence-corrected chi connectivity index (χ4v) is 4.10. The molecule has 1 N–H and O–H groups in total. The van der Waals surface area contributed by atoms with Crippen LogP contribution in [0.4, 0.5) is 0 Å². The van der Waals surface area contributed by atoms with Crippen molar-refractivity contribution in [3.63, 3.8) is 0 Å². The standard InChI is InChI=1S/C19H20O4/c1-12(2)22-17(20)18-10-5-11-19(18,21)23-15-9-8-13-6-3-4-7-14(13)16(15)18/h3-4,6-9,12,21H,5,10-11H2,1-2H3/t18-,19-/m1/s1. The van der Waals surface area contributed by atoms with Gasteiger partial charge in [-0.25, -0.2) is 0 Å². The van der Waals surface area contributed by atoms with Gasteiger partial charge in [0.15, 0.2) is 5.41 Å². The molecule has 2 aromatic carbocycles. The minimum atomic E-state index is -1.51. The Hall–Kier alpha value is -2.07. The Morgan fingerprint density at radius 2 is 2.00 bits per heavy atom. The first-order valence-corrected chi connectivity index (χ1v) is 8.13. The molecule has 0 radical (unpaired) electrons. The highest BCUT2D eigenvalue weighted by Gasteiger charge is 2.68. The van der Waals surface area contributed by atoms with Gasteiger partial charge in [0.1, 0.15) is 5.75 Å². The maximum absolute atomic E-state index is 13.0. The summed E-state index contributed by atoms with van der Waals surface area (Å²) in [7, 11) is 0. The zero-order valence-corrected chi connectivity index (χ0v) is 13.3. The summed E-state index contributed by atoms with van der Waals surface area (Å²) < 4.78 is 11.4. The Morgan fingerprint density at radius 1 is 1.22 bits per heavy atom. The van der Waals surface area contributed by atoms with Crippen LogP contribution in [0.15, 0.2) is 36.4 Å². The molecule has 1 heterocycles. The minimum Gasteiger partial charge on any atom is -0.462 e. The molecule has 2 aromatic rings. The highest BCUT2D eigenvalue weighted by molar-refractivity contribution is 5.98. The zero-order chi connectivity index (χ0) is 16.2. The average Bonchev–Trinajstić information content (AvgIpc) is 2.95. The van der Waals surface area contributed by atoms with Crippen molar-refractivity contribution in [1.82, 2.24) is 0 Å². The Morgan fingerprint density at radius 3 is 2.78 bits per heavy atom. The van der Waals surface area contributed by atoms with Crippen LogP contribution in [-0.2, 0) is 14.9 Å². The molecule has 1 aliphatic heterocycles. The van der Waals surface area contributed by atoms with Gasteiger partial charge in [-0.3, -0.25) is 4.79 Å². The van der Waals surface area contributed by atoms with Gasteiger partial charge in [0.25, 0.3) is 0 Å². The summed E-state index contributed by atoms with van der Waals surface area (Å²) in [4.78, 5) is 13.0. The van der Waals surface area contributed by atoms with Crippen molar-refractivity contribution in [3.05, 3.63) is 42.0 Å². The molecule has 2 aliphatic rings. The highest BCUT2D eigenvalue weighted by atomic mass is 16.6. The van der Waals surface area contributed by atoms with Crippen LogP contribution >= 0.6 is 0 Å². The van der Waals surface area contributed by atoms with E-state index >= 15 is 0 Å². The lowest BCUT2D eigenvalue weighted by Crippen LogP contribution is -2.53. The number of hydrogen-bond donors (Lipinski definition) is 1. The minimum absolute atomic E-state index is 0.235. The van der Waals surface area contributed by atoms with E-state index in [2.05, 4.69) is 0 Å². The second-order valence-electron chi connectivity index (χ2n) is 6.76. The second kappa shape index (κ2) is 4.71. The van der Waals surface area contributed by atoms with E-state index in [0.29, 0.717) is 18.6 Å². The largest absolute Gasteiger partial charge is 0.462 e. The third kappa shape index (κ3) is 1.78. The van der Waals surface area contributed by atoms with Crippen molar-refractivity contribution in [1.29, 1.82) is 0 Å². The average molecular weight is 312 g/mol. The molecule has 0 amide bonds. The molecular formula is C19H20O4. The second-order valence-corrected chi connectivity index (χ2v) is 6.76. The summed E-state index contributed by atoms with van der Waals surface area (Å²) in [5.74, 6) is -1.31. The van der Waals surface area contributed by atoms with Crippen molar-refractivity contribution in [2.24, 2.45) is 0 Å². The van der Waals surface area contributed by atoms with E-state index in [9.17, 15) is 9.90 Å². The maximum Gasteiger partial charge on any atom is 0.323 e. The molecule has 4 rings (SSSR count). The van der Waals surface area contributed by atoms with Crippen LogP contribution in [0.3, 0.4) is 0 Å². The number of benzene rings is 2. The number of carbonyl (C=O) groups is 1. The molecule has 120 valence electrons. The topological polar surface area (TPSA) is 55.8 Å². The number of hydrogen-bond acceptors (Lipinski definition) is 4. The number of esters is 1. The van der Waals surface area contributed by atoms with E-state index < -0.39 is 11.2 Å². The molecule has 0 saturated heterocycles. The molecule has 0 bridgehead atoms. The summed E-state index contributed by atoms with van der Waals surface area (Å²) in [6.07, 6.45) is 1.46. The summed E-state index contributed by atoms with van der Waals surface area (Å²) >= 11 is 0. The van der Waals surface area contributed by atoms with E-state index in [0.717, 1.165) is 22.8 Å². The maximum atomic E-state index is 13.0. The van der Waals surface area contributed by atoms with Gasteiger partial charge in [-0.1, -0.05) is 30.3 Å². The van der Waals surface area contributed by atoms with Crippen molar-refractivity contribution in [3.8, 4) is 5.75 Å². The third-order valence-corrected chi connectivity index (χ3v) is 5.02. The summed E-state index contributed by atoms with van der Waals surface area (Å²) in [5, 5.41) is 13.1. The predicted octanol–water partition coefficient (Wildman–Crippen LogP) is 3.29. The number of ether oxygens (including phenoxy) is 2. The molecule has 4 nitrogen and oxygen atoms in total. The van der Waals surface area contributed by atoms with Crippen molar-refractivity contribution in [2.75, 3.05) is 0 Å². The van der Waals surface area contributed by atoms with Gasteiger partial charge >= 0.3 is 5.97 Å². The lowest BCUT2D eigenvalue weighted by atomic mass is 9.74. The van der Waals surface area contributed by atoms with Crippen LogP contribution in [0.5, 0.6) is 5.75 Å². The number of carbonyl (C=O) groups excluding carboxylic acids is 1. The highest BCUT2D eigenvalue weighted by Crippen LogP contribution is 2.59. The molecule has 2 atom stereocenters. The smallest absolute Gasteiger partial charge is 0.323 e. The zero-order valence-electron chi connectivity index (χ0n) is 13.3. The Balaban J connectivity index is 2.00. The molecule has 1 fully saturated rings. The number of rotatable bonds is 2. The lowest BCUT2D eigenvalue weighted by Gasteiger charge is -2.33. The van der Waals surface area contributed by atoms with E-state index in [1.807, 2.05) is 50.2 Å². The Kier molecular flexibility index (Phi) is 2.97. The molecule has 0 unspecified atom stereocenters. The molecule has 4 heteroatoms. The van der Waals surface area contributed by atoms with E-state index in [1.165, 1.54) is 0 Å². The molecule has 23 heavy (non-hydrogen) atoms. The van der Waals surface area contributed by atoms with Gasteiger partial charge < -0.3 is 14.6 Å². The van der Waals surface area contributed by atoms with E-state index in [4.69, 9.17) is 9.47 Å². The Labute approximate surface area is 135 Å². The van der Waals surface area contributed by atoms with Gasteiger partial charge in [-0.05, 0) is 43.5 Å². The van der Waals surface area contributed by atoms with Gasteiger partial charge in [-0.2, -0.15) is 0 Å². The van der Waals surface area contributed by atoms with Crippen molar-refractivity contribution in [2.45, 2.75) is 50.4 Å². The first-order valence-electron chi connectivity index (χ1n) is 8.13. The van der Waals surface area contributed by atoms with Gasteiger partial charge in [0.2, 0.25) is 5.79 Å². The van der Waals surface area contributed by atoms with Gasteiger partial charge in [0, 0.05) is 12.0 Å². The molecule has 1 aliphatic carbocycles. The van der Waals surface area contributed by atoms with E-state index in [1.54, 1.807) is 0 Å². The van der Waals surface area contributed by atoms with Crippen molar-refractivity contribution >= 4 is 16.7 Å². The SMILES string of the molecule is CC(C)OC(=O)[C@]12CCC[C@@]1(O)Oc1ccc3ccccc3c12. The molecular weight excluding hydrogens is 292 g/mol. The van der Waals surface area contributed by atoms with Crippen LogP contribution in [-0.4, -0.2) is 23.0 Å². The molecule has 0 spiro atoms. The van der Waals surface area contributed by atoms with Crippen molar-refractivity contribution < 1.29 is 19.4 Å². The summed E-state index contributed by atoms with van der Waals surface area (Å²) in [6, 6.07) is 11.7. The van der Waals surface area contributed by atoms with Crippen LogP contribution in [0.1, 0.15) is 38.7 Å². The normalized spacial score (nSPS) is 28.5. The van der Waals surface area contributed by atoms with Crippen LogP contribution < -0.4 is 4.74 Å². The summed E-state index contributed by atoms with van der Waals surface area (Å²) in [6.45, 7) is 3.64. The fourth-order valence-electron chi connectivity index (χ4n) is 4.10. The van der Waals surface area contributed by atoms with Gasteiger partial charge in [0.05, 0.1) is 6.10 Å². The first-order chi connectivity index (χ1) is 11.0. The first kappa shape index (κ1) is 14.5. The summed E-state index contributed by atoms with van der Waals surface area (Å²) in [5.41, 5.74) is -0.353. The van der Waals surface area contributed by atoms with Crippen LogP contribution in [0, 0.1) is 0 Å². The lowest BCUT2D eigenvalue weighted by molar-refractivity contribution is -0.190. The predicted molar refractivity (Wildman–Crippen MR) is 86.3 cm³/mol. The van der Waals surface area contributed by atoms with Crippen LogP contribution in [0.25, 0.3) is 10.8 Å². The number of aliphatic hydroxyl groups is 1. The van der Waals surface area contributed by atoms with E-state index in [-0.39, 0.29) is 12.1 Å². The molecule has 0 aromatic heterocycles. The van der Waals surface area contributed by atoms with Gasteiger partial charge in [-0.15, -0.1) is 0 Å².